The normalized spacial score (nSPS) is 11.6. The van der Waals surface area contributed by atoms with Crippen LogP contribution in [0.1, 0.15) is 60.0 Å². The number of nitrogens with zero attached hydrogens (tertiary/aromatic N) is 9. The van der Waals surface area contributed by atoms with Gasteiger partial charge in [-0.2, -0.15) is 25.4 Å². The number of aryl methyl sites for hydroxylation is 2. The summed E-state index contributed by atoms with van der Waals surface area (Å²) in [6.45, 7) is 8.42. The van der Waals surface area contributed by atoms with E-state index < -0.39 is 20.4 Å². The molecule has 5 heterocycles. The fraction of sp³-hybridized carbons (Fsp3) is 0.471. The summed E-state index contributed by atoms with van der Waals surface area (Å²) < 4.78 is 69.0. The molecule has 0 bridgehead atoms. The number of aldehydes is 1. The SMILES string of the molecule is C.C.Cc1nc(CC=O)n(S(=O)(=O)N(C)C)c1C.Cc1nc(CCNCCc2nc3c(NCc4ncccc4F)nccc3s2)n(S(=O)(=O)N(C)C)c1C. The van der Waals surface area contributed by atoms with Crippen LogP contribution in [-0.2, 0) is 51.0 Å². The van der Waals surface area contributed by atoms with Crippen molar-refractivity contribution in [2.75, 3.05) is 46.6 Å². The molecule has 54 heavy (non-hydrogen) atoms. The highest BCUT2D eigenvalue weighted by atomic mass is 32.2. The lowest BCUT2D eigenvalue weighted by molar-refractivity contribution is -0.107. The molecule has 0 fully saturated rings. The molecule has 0 saturated heterocycles. The first kappa shape index (κ1) is 45.9. The quantitative estimate of drug-likeness (QED) is 0.115. The maximum absolute atomic E-state index is 13.9. The van der Waals surface area contributed by atoms with Gasteiger partial charge in [-0.15, -0.1) is 11.3 Å². The first-order chi connectivity index (χ1) is 24.5. The molecule has 0 unspecified atom stereocenters. The van der Waals surface area contributed by atoms with E-state index in [4.69, 9.17) is 4.98 Å². The summed E-state index contributed by atoms with van der Waals surface area (Å²) in [5.74, 6) is 0.984. The second-order valence-electron chi connectivity index (χ2n) is 12.0. The van der Waals surface area contributed by atoms with E-state index in [2.05, 4.69) is 30.6 Å². The minimum Gasteiger partial charge on any atom is -0.362 e. The number of rotatable bonds is 15. The van der Waals surface area contributed by atoms with E-state index in [0.29, 0.717) is 72.3 Å². The Labute approximate surface area is 322 Å². The molecule has 0 aliphatic rings. The third-order valence-corrected chi connectivity index (χ3v) is 12.8. The lowest BCUT2D eigenvalue weighted by atomic mass is 10.3. The van der Waals surface area contributed by atoms with E-state index in [1.165, 1.54) is 42.5 Å². The molecule has 2 N–H and O–H groups in total. The molecule has 0 spiro atoms. The Kier molecular flexibility index (Phi) is 16.5. The van der Waals surface area contributed by atoms with Crippen LogP contribution in [-0.4, -0.2) is 106 Å². The summed E-state index contributed by atoms with van der Waals surface area (Å²) in [6, 6.07) is 4.84. The summed E-state index contributed by atoms with van der Waals surface area (Å²) in [5, 5.41) is 7.44. The van der Waals surface area contributed by atoms with E-state index in [1.807, 2.05) is 13.0 Å². The molecule has 0 aliphatic heterocycles. The molecule has 20 heteroatoms. The number of thiazole rings is 1. The summed E-state index contributed by atoms with van der Waals surface area (Å²) in [7, 11) is -1.34. The molecule has 0 aromatic carbocycles. The number of nitrogens with one attached hydrogen (secondary N) is 2. The standard InChI is InChI=1S/C23H29FN8O2S2.C9H15N3O3S.2CH4/c1-15-16(2)32(36(33,34)31(3)4)20(29-15)8-11-25-12-9-21-30-22-19(35-21)7-13-27-23(22)28-14-18-17(24)6-5-10-26-18;1-7-8(2)12(9(10-7)5-6-13)16(14,15)11(3)4;;/h5-7,10,13,25H,8-9,11-12,14H2,1-4H3,(H,27,28);6H,5H2,1-4H3;2*1H4. The van der Waals surface area contributed by atoms with Gasteiger partial charge < -0.3 is 15.4 Å². The molecule has 0 radical (unpaired) electrons. The van der Waals surface area contributed by atoms with Crippen molar-refractivity contribution in [3.63, 3.8) is 0 Å². The van der Waals surface area contributed by atoms with E-state index in [1.54, 1.807) is 50.6 Å². The molecule has 16 nitrogen and oxygen atoms in total. The van der Waals surface area contributed by atoms with E-state index >= 15 is 0 Å². The van der Waals surface area contributed by atoms with Crippen LogP contribution in [0.5, 0.6) is 0 Å². The minimum atomic E-state index is -3.63. The van der Waals surface area contributed by atoms with Crippen molar-refractivity contribution in [1.82, 2.24) is 46.8 Å². The third kappa shape index (κ3) is 10.3. The summed E-state index contributed by atoms with van der Waals surface area (Å²) in [4.78, 5) is 32.2. The number of aromatic nitrogens is 7. The number of pyridine rings is 2. The summed E-state index contributed by atoms with van der Waals surface area (Å²) in [6.07, 6.45) is 5.07. The van der Waals surface area contributed by atoms with Crippen molar-refractivity contribution in [2.45, 2.75) is 68.4 Å². The highest BCUT2D eigenvalue weighted by Gasteiger charge is 2.25. The predicted molar refractivity (Wildman–Crippen MR) is 212 cm³/mol. The largest absolute Gasteiger partial charge is 0.362 e. The maximum atomic E-state index is 13.9. The number of imidazole rings is 2. The number of hydrogen-bond acceptors (Lipinski definition) is 13. The van der Waals surface area contributed by atoms with Gasteiger partial charge in [0, 0.05) is 66.5 Å². The lowest BCUT2D eigenvalue weighted by Crippen LogP contribution is -2.32. The van der Waals surface area contributed by atoms with Gasteiger partial charge in [-0.25, -0.2) is 32.3 Å². The van der Waals surface area contributed by atoms with Crippen molar-refractivity contribution in [1.29, 1.82) is 0 Å². The Balaban J connectivity index is 0.000000474. The van der Waals surface area contributed by atoms with Gasteiger partial charge in [0.25, 0.3) is 0 Å². The van der Waals surface area contributed by atoms with Crippen LogP contribution in [0.2, 0.25) is 0 Å². The van der Waals surface area contributed by atoms with Gasteiger partial charge in [0.15, 0.2) is 5.82 Å². The number of fused-ring (bicyclic) bond motifs is 1. The van der Waals surface area contributed by atoms with E-state index in [-0.39, 0.29) is 39.5 Å². The van der Waals surface area contributed by atoms with Crippen LogP contribution in [0, 0.1) is 33.5 Å². The Morgan fingerprint density at radius 2 is 1.39 bits per heavy atom. The average Bonchev–Trinajstić information content (AvgIpc) is 3.73. The lowest BCUT2D eigenvalue weighted by Gasteiger charge is -2.16. The molecule has 0 saturated carbocycles. The molecule has 5 aromatic heterocycles. The zero-order valence-corrected chi connectivity index (χ0v) is 32.8. The number of hydrogen-bond donors (Lipinski definition) is 2. The summed E-state index contributed by atoms with van der Waals surface area (Å²) >= 11 is 1.58. The number of anilines is 1. The zero-order valence-electron chi connectivity index (χ0n) is 30.4. The van der Waals surface area contributed by atoms with Crippen LogP contribution in [0.25, 0.3) is 10.2 Å². The smallest absolute Gasteiger partial charge is 0.308 e. The van der Waals surface area contributed by atoms with E-state index in [9.17, 15) is 26.0 Å². The zero-order chi connectivity index (χ0) is 38.4. The highest BCUT2D eigenvalue weighted by Crippen LogP contribution is 2.27. The molecule has 0 aliphatic carbocycles. The molecular formula is C34H52FN11O5S3. The second-order valence-corrected chi connectivity index (χ2v) is 17.1. The van der Waals surface area contributed by atoms with Crippen LogP contribution >= 0.6 is 11.3 Å². The Hall–Kier alpha value is -4.21. The van der Waals surface area contributed by atoms with Gasteiger partial charge in [0.2, 0.25) is 0 Å². The monoisotopic (exact) mass is 809 g/mol. The van der Waals surface area contributed by atoms with Gasteiger partial charge in [-0.1, -0.05) is 14.9 Å². The van der Waals surface area contributed by atoms with Crippen LogP contribution in [0.4, 0.5) is 10.2 Å². The van der Waals surface area contributed by atoms with Gasteiger partial charge >= 0.3 is 20.4 Å². The van der Waals surface area contributed by atoms with Gasteiger partial charge in [-0.3, -0.25) is 4.98 Å². The fourth-order valence-corrected chi connectivity index (χ4v) is 8.35. The van der Waals surface area contributed by atoms with Gasteiger partial charge in [-0.05, 0) is 45.9 Å². The van der Waals surface area contributed by atoms with Crippen molar-refractivity contribution < 1.29 is 26.0 Å². The van der Waals surface area contributed by atoms with Crippen LogP contribution in [0.15, 0.2) is 30.6 Å². The molecule has 5 rings (SSSR count). The summed E-state index contributed by atoms with van der Waals surface area (Å²) in [5.41, 5.74) is 3.54. The fourth-order valence-electron chi connectivity index (χ4n) is 4.99. The van der Waals surface area contributed by atoms with Gasteiger partial charge in [0.05, 0.1) is 51.1 Å². The Bertz CT molecular complexity index is 2250. The van der Waals surface area contributed by atoms with Crippen molar-refractivity contribution in [3.05, 3.63) is 81.5 Å². The number of carbonyl (C=O) groups excluding carboxylic acids is 1. The maximum Gasteiger partial charge on any atom is 0.308 e. The number of halogens is 1. The molecular weight excluding hydrogens is 758 g/mol. The van der Waals surface area contributed by atoms with Gasteiger partial charge in [0.1, 0.15) is 29.3 Å². The topological polar surface area (TPSA) is 190 Å². The molecule has 0 amide bonds. The molecule has 0 atom stereocenters. The predicted octanol–water partition coefficient (Wildman–Crippen LogP) is 3.85. The van der Waals surface area contributed by atoms with Crippen molar-refractivity contribution >= 4 is 54.1 Å². The Morgan fingerprint density at radius 1 is 0.815 bits per heavy atom. The second kappa shape index (κ2) is 19.4. The van der Waals surface area contributed by atoms with Crippen LogP contribution < -0.4 is 10.6 Å². The van der Waals surface area contributed by atoms with Crippen LogP contribution in [0.3, 0.4) is 0 Å². The highest BCUT2D eigenvalue weighted by molar-refractivity contribution is 7.87. The molecule has 298 valence electrons. The molecule has 5 aromatic rings. The van der Waals surface area contributed by atoms with E-state index in [0.717, 1.165) is 23.5 Å². The first-order valence-electron chi connectivity index (χ1n) is 16.2. The third-order valence-electron chi connectivity index (χ3n) is 8.02. The van der Waals surface area contributed by atoms with Crippen molar-refractivity contribution in [3.8, 4) is 0 Å². The van der Waals surface area contributed by atoms with Crippen molar-refractivity contribution in [2.24, 2.45) is 0 Å². The Morgan fingerprint density at radius 3 is 1.96 bits per heavy atom. The minimum absolute atomic E-state index is 0. The average molecular weight is 810 g/mol. The first-order valence-corrected chi connectivity index (χ1v) is 19.8. The number of carbonyl (C=O) groups is 1.